The lowest BCUT2D eigenvalue weighted by molar-refractivity contribution is 0.764. The maximum atomic E-state index is 11.2. The third-order valence-electron chi connectivity index (χ3n) is 2.00. The zero-order valence-corrected chi connectivity index (χ0v) is 10.1. The van der Waals surface area contributed by atoms with Crippen molar-refractivity contribution in [2.45, 2.75) is 17.1 Å². The first-order chi connectivity index (χ1) is 7.59. The highest BCUT2D eigenvalue weighted by Gasteiger charge is 2.11. The molecule has 0 aliphatic rings. The highest BCUT2D eigenvalue weighted by molar-refractivity contribution is 7.99. The van der Waals surface area contributed by atoms with Crippen LogP contribution in [0, 0.1) is 6.92 Å². The fraction of sp³-hybridized carbons (Fsp3) is 0.250. The second-order valence-electron chi connectivity index (χ2n) is 3.07. The Morgan fingerprint density at radius 3 is 2.88 bits per heavy atom. The number of aromatic amines is 1. The van der Waals surface area contributed by atoms with Gasteiger partial charge in [0.05, 0.1) is 0 Å². The van der Waals surface area contributed by atoms with Crippen LogP contribution in [0.1, 0.15) is 5.56 Å². The zero-order chi connectivity index (χ0) is 11.7. The van der Waals surface area contributed by atoms with Gasteiger partial charge in [-0.2, -0.15) is 0 Å². The van der Waals surface area contributed by atoms with Crippen molar-refractivity contribution in [1.29, 1.82) is 0 Å². The third kappa shape index (κ3) is 1.96. The quantitative estimate of drug-likeness (QED) is 0.813. The second-order valence-corrected chi connectivity index (χ2v) is 4.38. The molecule has 0 aliphatic heterocycles. The van der Waals surface area contributed by atoms with Gasteiger partial charge < -0.3 is 0 Å². The standard InChI is InChI=1S/C8H8ClN5OS/c1-4-5(9)10-3-11-6(4)16-8-13-12-7(15)14(8)2/h3H,1-2H3,(H,12,15). The normalized spacial score (nSPS) is 10.7. The lowest BCUT2D eigenvalue weighted by atomic mass is 10.4. The Balaban J connectivity index is 2.38. The van der Waals surface area contributed by atoms with Crippen LogP contribution in [0.3, 0.4) is 0 Å². The Labute approximate surface area is 100 Å². The molecule has 16 heavy (non-hydrogen) atoms. The summed E-state index contributed by atoms with van der Waals surface area (Å²) in [5, 5.41) is 7.83. The van der Waals surface area contributed by atoms with Crippen molar-refractivity contribution >= 4 is 23.4 Å². The van der Waals surface area contributed by atoms with E-state index < -0.39 is 0 Å². The summed E-state index contributed by atoms with van der Waals surface area (Å²) in [6.07, 6.45) is 1.38. The summed E-state index contributed by atoms with van der Waals surface area (Å²) in [7, 11) is 1.63. The van der Waals surface area contributed by atoms with Gasteiger partial charge in [0, 0.05) is 12.6 Å². The first kappa shape index (κ1) is 11.2. The van der Waals surface area contributed by atoms with Crippen LogP contribution in [-0.4, -0.2) is 24.7 Å². The molecule has 0 radical (unpaired) electrons. The summed E-state index contributed by atoms with van der Waals surface area (Å²) in [5.41, 5.74) is 0.505. The Bertz CT molecular complexity index is 578. The molecule has 0 unspecified atom stereocenters. The molecule has 0 spiro atoms. The third-order valence-corrected chi connectivity index (χ3v) is 3.54. The van der Waals surface area contributed by atoms with E-state index >= 15 is 0 Å². The largest absolute Gasteiger partial charge is 0.343 e. The molecule has 0 amide bonds. The fourth-order valence-corrected chi connectivity index (χ4v) is 2.05. The van der Waals surface area contributed by atoms with Crippen LogP contribution < -0.4 is 5.69 Å². The molecule has 2 aromatic heterocycles. The van der Waals surface area contributed by atoms with Gasteiger partial charge in [0.15, 0.2) is 5.16 Å². The molecule has 0 atom stereocenters. The van der Waals surface area contributed by atoms with Gasteiger partial charge in [-0.25, -0.2) is 19.9 Å². The van der Waals surface area contributed by atoms with Crippen LogP contribution in [0.5, 0.6) is 0 Å². The molecule has 2 rings (SSSR count). The lowest BCUT2D eigenvalue weighted by Crippen LogP contribution is -2.12. The first-order valence-electron chi connectivity index (χ1n) is 4.36. The van der Waals surface area contributed by atoms with Gasteiger partial charge in [0.25, 0.3) is 0 Å². The highest BCUT2D eigenvalue weighted by atomic mass is 35.5. The van der Waals surface area contributed by atoms with Crippen molar-refractivity contribution in [2.75, 3.05) is 0 Å². The molecule has 0 aromatic carbocycles. The molecule has 0 fully saturated rings. The van der Waals surface area contributed by atoms with E-state index in [2.05, 4.69) is 20.2 Å². The van der Waals surface area contributed by atoms with E-state index in [4.69, 9.17) is 11.6 Å². The second kappa shape index (κ2) is 4.26. The number of halogens is 1. The van der Waals surface area contributed by atoms with Crippen LogP contribution in [0.4, 0.5) is 0 Å². The average Bonchev–Trinajstić information content (AvgIpc) is 2.57. The predicted octanol–water partition coefficient (Wildman–Crippen LogP) is 1.01. The van der Waals surface area contributed by atoms with Gasteiger partial charge in [0.1, 0.15) is 16.5 Å². The van der Waals surface area contributed by atoms with E-state index in [1.807, 2.05) is 6.92 Å². The Morgan fingerprint density at radius 2 is 2.25 bits per heavy atom. The summed E-state index contributed by atoms with van der Waals surface area (Å²) < 4.78 is 1.40. The number of aromatic nitrogens is 5. The number of nitrogens with zero attached hydrogens (tertiary/aromatic N) is 4. The number of hydrogen-bond donors (Lipinski definition) is 1. The van der Waals surface area contributed by atoms with Gasteiger partial charge >= 0.3 is 5.69 Å². The summed E-state index contributed by atoms with van der Waals surface area (Å²) >= 11 is 7.12. The van der Waals surface area contributed by atoms with Crippen molar-refractivity contribution in [3.63, 3.8) is 0 Å². The highest BCUT2D eigenvalue weighted by Crippen LogP contribution is 2.27. The number of H-pyrrole nitrogens is 1. The fourth-order valence-electron chi connectivity index (χ4n) is 1.03. The van der Waals surface area contributed by atoms with Crippen molar-refractivity contribution < 1.29 is 0 Å². The van der Waals surface area contributed by atoms with Crippen LogP contribution in [0.25, 0.3) is 0 Å². The van der Waals surface area contributed by atoms with E-state index in [0.717, 1.165) is 5.56 Å². The number of nitrogens with one attached hydrogen (secondary N) is 1. The lowest BCUT2D eigenvalue weighted by Gasteiger charge is -2.03. The Hall–Kier alpha value is -1.34. The maximum Gasteiger partial charge on any atom is 0.343 e. The maximum absolute atomic E-state index is 11.2. The molecule has 2 aromatic rings. The van der Waals surface area contributed by atoms with Crippen molar-refractivity contribution in [3.8, 4) is 0 Å². The average molecular weight is 258 g/mol. The summed E-state index contributed by atoms with van der Waals surface area (Å²) in [6, 6.07) is 0. The van der Waals surface area contributed by atoms with Gasteiger partial charge in [-0.1, -0.05) is 11.6 Å². The van der Waals surface area contributed by atoms with Crippen molar-refractivity contribution in [3.05, 3.63) is 27.5 Å². The van der Waals surface area contributed by atoms with Crippen LogP contribution >= 0.6 is 23.4 Å². The molecule has 84 valence electrons. The van der Waals surface area contributed by atoms with E-state index in [-0.39, 0.29) is 5.69 Å². The molecular formula is C8H8ClN5OS. The van der Waals surface area contributed by atoms with Gasteiger partial charge in [-0.15, -0.1) is 5.10 Å². The SMILES string of the molecule is Cc1c(Cl)ncnc1Sc1n[nH]c(=O)n1C. The van der Waals surface area contributed by atoms with Gasteiger partial charge in [-0.05, 0) is 18.7 Å². The minimum Gasteiger partial charge on any atom is -0.273 e. The zero-order valence-electron chi connectivity index (χ0n) is 8.56. The van der Waals surface area contributed by atoms with Crippen LogP contribution in [0.15, 0.2) is 21.3 Å². The topological polar surface area (TPSA) is 76.5 Å². The number of hydrogen-bond acceptors (Lipinski definition) is 5. The monoisotopic (exact) mass is 257 g/mol. The van der Waals surface area contributed by atoms with Crippen molar-refractivity contribution in [2.24, 2.45) is 7.05 Å². The first-order valence-corrected chi connectivity index (χ1v) is 5.55. The van der Waals surface area contributed by atoms with E-state index in [0.29, 0.717) is 15.3 Å². The predicted molar refractivity (Wildman–Crippen MR) is 59.7 cm³/mol. The van der Waals surface area contributed by atoms with Crippen molar-refractivity contribution in [1.82, 2.24) is 24.7 Å². The van der Waals surface area contributed by atoms with Gasteiger partial charge in [0.2, 0.25) is 0 Å². The minimum atomic E-state index is -0.264. The van der Waals surface area contributed by atoms with E-state index in [9.17, 15) is 4.79 Å². The van der Waals surface area contributed by atoms with E-state index in [1.165, 1.54) is 22.7 Å². The molecule has 2 heterocycles. The molecule has 1 N–H and O–H groups in total. The summed E-state index contributed by atoms with van der Waals surface area (Å²) in [5.74, 6) is 0. The van der Waals surface area contributed by atoms with Crippen LogP contribution in [0.2, 0.25) is 5.15 Å². The summed E-state index contributed by atoms with van der Waals surface area (Å²) in [4.78, 5) is 19.1. The molecular weight excluding hydrogens is 250 g/mol. The van der Waals surface area contributed by atoms with Crippen LogP contribution in [-0.2, 0) is 7.05 Å². The minimum absolute atomic E-state index is 0.264. The molecule has 0 bridgehead atoms. The molecule has 6 nitrogen and oxygen atoms in total. The smallest absolute Gasteiger partial charge is 0.273 e. The Morgan fingerprint density at radius 1 is 1.50 bits per heavy atom. The molecule has 0 saturated carbocycles. The number of rotatable bonds is 2. The van der Waals surface area contributed by atoms with Gasteiger partial charge in [-0.3, -0.25) is 4.57 Å². The van der Waals surface area contributed by atoms with E-state index in [1.54, 1.807) is 7.05 Å². The Kier molecular flexibility index (Phi) is 2.97. The summed E-state index contributed by atoms with van der Waals surface area (Å²) in [6.45, 7) is 1.81. The molecule has 8 heteroatoms. The molecule has 0 aliphatic carbocycles. The molecule has 0 saturated heterocycles.